The van der Waals surface area contributed by atoms with Crippen molar-refractivity contribution in [3.63, 3.8) is 0 Å². The molecule has 0 bridgehead atoms. The van der Waals surface area contributed by atoms with Gasteiger partial charge in [0.2, 0.25) is 5.75 Å². The second-order valence-corrected chi connectivity index (χ2v) is 7.11. The lowest BCUT2D eigenvalue weighted by Gasteiger charge is -2.17. The summed E-state index contributed by atoms with van der Waals surface area (Å²) in [6.07, 6.45) is 7.17. The van der Waals surface area contributed by atoms with Crippen LogP contribution in [0.4, 0.5) is 0 Å². The number of carbonyl (C=O) groups excluding carboxylic acids is 1. The SMILES string of the molecule is CCN(CC)CCCCCCc1cc(C(=O)Oc2c(OC)cccc2OC)ccn1. The van der Waals surface area contributed by atoms with E-state index in [0.29, 0.717) is 17.1 Å². The summed E-state index contributed by atoms with van der Waals surface area (Å²) < 4.78 is 16.2. The first-order valence-electron chi connectivity index (χ1n) is 10.7. The van der Waals surface area contributed by atoms with Crippen LogP contribution in [0.3, 0.4) is 0 Å². The normalized spacial score (nSPS) is 10.8. The molecule has 1 aromatic heterocycles. The van der Waals surface area contributed by atoms with Crippen molar-refractivity contribution in [3.05, 3.63) is 47.8 Å². The molecule has 6 nitrogen and oxygen atoms in total. The zero-order chi connectivity index (χ0) is 21.8. The van der Waals surface area contributed by atoms with E-state index in [9.17, 15) is 4.79 Å². The van der Waals surface area contributed by atoms with Gasteiger partial charge in [0.15, 0.2) is 11.5 Å². The lowest BCUT2D eigenvalue weighted by atomic mass is 10.1. The van der Waals surface area contributed by atoms with Gasteiger partial charge in [-0.15, -0.1) is 0 Å². The van der Waals surface area contributed by atoms with Crippen LogP contribution in [0.15, 0.2) is 36.5 Å². The molecular weight excluding hydrogens is 380 g/mol. The van der Waals surface area contributed by atoms with Gasteiger partial charge in [0.1, 0.15) is 0 Å². The van der Waals surface area contributed by atoms with Crippen LogP contribution in [0.2, 0.25) is 0 Å². The highest BCUT2D eigenvalue weighted by Crippen LogP contribution is 2.37. The topological polar surface area (TPSA) is 60.9 Å². The van der Waals surface area contributed by atoms with E-state index >= 15 is 0 Å². The van der Waals surface area contributed by atoms with Crippen LogP contribution in [0.5, 0.6) is 17.2 Å². The average Bonchev–Trinajstić information content (AvgIpc) is 2.79. The van der Waals surface area contributed by atoms with Gasteiger partial charge in [-0.1, -0.05) is 32.8 Å². The summed E-state index contributed by atoms with van der Waals surface area (Å²) in [5, 5.41) is 0. The quantitative estimate of drug-likeness (QED) is 0.267. The number of para-hydroxylation sites is 1. The highest BCUT2D eigenvalue weighted by molar-refractivity contribution is 5.91. The van der Waals surface area contributed by atoms with E-state index in [4.69, 9.17) is 14.2 Å². The minimum absolute atomic E-state index is 0.277. The fraction of sp³-hybridized carbons (Fsp3) is 0.500. The van der Waals surface area contributed by atoms with Gasteiger partial charge in [0.05, 0.1) is 19.8 Å². The molecule has 6 heteroatoms. The maximum Gasteiger partial charge on any atom is 0.343 e. The zero-order valence-corrected chi connectivity index (χ0v) is 18.6. The second-order valence-electron chi connectivity index (χ2n) is 7.11. The summed E-state index contributed by atoms with van der Waals surface area (Å²) >= 11 is 0. The molecular formula is C24H34N2O4. The number of benzene rings is 1. The minimum atomic E-state index is -0.458. The molecule has 2 rings (SSSR count). The van der Waals surface area contributed by atoms with Gasteiger partial charge < -0.3 is 19.1 Å². The summed E-state index contributed by atoms with van der Waals surface area (Å²) in [4.78, 5) is 19.5. The summed E-state index contributed by atoms with van der Waals surface area (Å²) in [5.74, 6) is 0.711. The molecule has 1 heterocycles. The summed E-state index contributed by atoms with van der Waals surface area (Å²) in [7, 11) is 3.05. The van der Waals surface area contributed by atoms with Crippen molar-refractivity contribution >= 4 is 5.97 Å². The zero-order valence-electron chi connectivity index (χ0n) is 18.6. The number of ether oxygens (including phenoxy) is 3. The van der Waals surface area contributed by atoms with Gasteiger partial charge in [-0.3, -0.25) is 4.98 Å². The van der Waals surface area contributed by atoms with Crippen molar-refractivity contribution in [2.45, 2.75) is 46.0 Å². The van der Waals surface area contributed by atoms with Gasteiger partial charge in [-0.2, -0.15) is 0 Å². The van der Waals surface area contributed by atoms with Crippen LogP contribution in [-0.4, -0.2) is 49.7 Å². The monoisotopic (exact) mass is 414 g/mol. The number of carbonyl (C=O) groups is 1. The van der Waals surface area contributed by atoms with Crippen molar-refractivity contribution in [3.8, 4) is 17.2 Å². The van der Waals surface area contributed by atoms with Crippen LogP contribution in [0.1, 0.15) is 55.6 Å². The molecule has 0 saturated heterocycles. The van der Waals surface area contributed by atoms with Crippen molar-refractivity contribution in [1.29, 1.82) is 0 Å². The van der Waals surface area contributed by atoms with Crippen LogP contribution in [-0.2, 0) is 6.42 Å². The Labute approximate surface area is 180 Å². The van der Waals surface area contributed by atoms with Crippen LogP contribution < -0.4 is 14.2 Å². The number of methoxy groups -OCH3 is 2. The van der Waals surface area contributed by atoms with E-state index in [-0.39, 0.29) is 5.75 Å². The summed E-state index contributed by atoms with van der Waals surface area (Å²) in [6.45, 7) is 7.81. The van der Waals surface area contributed by atoms with Crippen LogP contribution >= 0.6 is 0 Å². The van der Waals surface area contributed by atoms with E-state index in [1.165, 1.54) is 33.6 Å². The molecule has 0 aliphatic rings. The Balaban J connectivity index is 1.89. The Morgan fingerprint density at radius 2 is 1.63 bits per heavy atom. The van der Waals surface area contributed by atoms with E-state index < -0.39 is 5.97 Å². The molecule has 1 aromatic carbocycles. The molecule has 2 aromatic rings. The molecule has 0 radical (unpaired) electrons. The largest absolute Gasteiger partial charge is 0.493 e. The number of hydrogen-bond acceptors (Lipinski definition) is 6. The molecule has 30 heavy (non-hydrogen) atoms. The third-order valence-electron chi connectivity index (χ3n) is 5.18. The van der Waals surface area contributed by atoms with Crippen molar-refractivity contribution < 1.29 is 19.0 Å². The van der Waals surface area contributed by atoms with Crippen LogP contribution in [0, 0.1) is 0 Å². The van der Waals surface area contributed by atoms with E-state index in [1.54, 1.807) is 36.5 Å². The second kappa shape index (κ2) is 12.9. The van der Waals surface area contributed by atoms with E-state index in [0.717, 1.165) is 38.0 Å². The van der Waals surface area contributed by atoms with Gasteiger partial charge in [0, 0.05) is 11.9 Å². The van der Waals surface area contributed by atoms with Gasteiger partial charge in [-0.25, -0.2) is 4.79 Å². The number of esters is 1. The lowest BCUT2D eigenvalue weighted by Crippen LogP contribution is -2.23. The van der Waals surface area contributed by atoms with Crippen molar-refractivity contribution in [1.82, 2.24) is 9.88 Å². The molecule has 0 aliphatic carbocycles. The molecule has 0 aliphatic heterocycles. The molecule has 0 unspecified atom stereocenters. The molecule has 0 amide bonds. The fourth-order valence-corrected chi connectivity index (χ4v) is 3.35. The number of hydrogen-bond donors (Lipinski definition) is 0. The Hall–Kier alpha value is -2.60. The Morgan fingerprint density at radius 1 is 0.967 bits per heavy atom. The Morgan fingerprint density at radius 3 is 2.27 bits per heavy atom. The molecule has 0 spiro atoms. The minimum Gasteiger partial charge on any atom is -0.493 e. The van der Waals surface area contributed by atoms with Crippen molar-refractivity contribution in [2.75, 3.05) is 33.9 Å². The smallest absolute Gasteiger partial charge is 0.343 e. The maximum absolute atomic E-state index is 12.7. The third-order valence-corrected chi connectivity index (χ3v) is 5.18. The molecule has 0 saturated carbocycles. The highest BCUT2D eigenvalue weighted by Gasteiger charge is 2.17. The summed E-state index contributed by atoms with van der Waals surface area (Å²) in [5.41, 5.74) is 1.37. The standard InChI is InChI=1S/C24H34N2O4/c1-5-26(6-2)17-10-8-7-9-12-20-18-19(15-16-25-20)24(27)30-23-21(28-3)13-11-14-22(23)29-4/h11,13-16,18H,5-10,12,17H2,1-4H3. The molecule has 0 N–H and O–H groups in total. The highest BCUT2D eigenvalue weighted by atomic mass is 16.6. The van der Waals surface area contributed by atoms with E-state index in [1.807, 2.05) is 0 Å². The first-order chi connectivity index (χ1) is 14.6. The number of aryl methyl sites for hydroxylation is 1. The number of nitrogens with zero attached hydrogens (tertiary/aromatic N) is 2. The molecule has 0 fully saturated rings. The van der Waals surface area contributed by atoms with Crippen LogP contribution in [0.25, 0.3) is 0 Å². The third kappa shape index (κ3) is 7.02. The first kappa shape index (κ1) is 23.7. The Bertz CT molecular complexity index is 768. The number of rotatable bonds is 13. The van der Waals surface area contributed by atoms with Gasteiger partial charge in [0.25, 0.3) is 0 Å². The number of pyridine rings is 1. The maximum atomic E-state index is 12.7. The predicted molar refractivity (Wildman–Crippen MR) is 119 cm³/mol. The van der Waals surface area contributed by atoms with Gasteiger partial charge in [-0.05, 0) is 63.2 Å². The molecule has 0 atom stereocenters. The first-order valence-corrected chi connectivity index (χ1v) is 10.7. The fourth-order valence-electron chi connectivity index (χ4n) is 3.35. The van der Waals surface area contributed by atoms with E-state index in [2.05, 4.69) is 23.7 Å². The predicted octanol–water partition coefficient (Wildman–Crippen LogP) is 4.76. The number of aromatic nitrogens is 1. The summed E-state index contributed by atoms with van der Waals surface area (Å²) in [6, 6.07) is 8.70. The number of unbranched alkanes of at least 4 members (excludes halogenated alkanes) is 3. The van der Waals surface area contributed by atoms with Gasteiger partial charge >= 0.3 is 5.97 Å². The van der Waals surface area contributed by atoms with Crippen molar-refractivity contribution in [2.24, 2.45) is 0 Å². The molecule has 164 valence electrons. The lowest BCUT2D eigenvalue weighted by molar-refractivity contribution is 0.0724. The Kier molecular flexibility index (Phi) is 10.1. The average molecular weight is 415 g/mol.